The van der Waals surface area contributed by atoms with Crippen LogP contribution in [0.2, 0.25) is 0 Å². The lowest BCUT2D eigenvalue weighted by Crippen LogP contribution is -2.48. The van der Waals surface area contributed by atoms with Crippen molar-refractivity contribution in [3.63, 3.8) is 0 Å². The fourth-order valence-electron chi connectivity index (χ4n) is 4.55. The summed E-state index contributed by atoms with van der Waals surface area (Å²) in [4.78, 5) is 26.8. The lowest BCUT2D eigenvalue weighted by atomic mass is 10.0. The number of carbonyl (C=O) groups is 2. The molecule has 2 N–H and O–H groups in total. The van der Waals surface area contributed by atoms with E-state index >= 15 is 0 Å². The van der Waals surface area contributed by atoms with Crippen LogP contribution in [0, 0.1) is 19.8 Å². The molecule has 3 rings (SSSR count). The number of aryl methyl sites for hydroxylation is 2. The summed E-state index contributed by atoms with van der Waals surface area (Å²) >= 11 is 0. The summed E-state index contributed by atoms with van der Waals surface area (Å²) < 4.78 is 76.8. The van der Waals surface area contributed by atoms with Gasteiger partial charge in [-0.2, -0.15) is 17.5 Å². The van der Waals surface area contributed by atoms with E-state index in [0.29, 0.717) is 5.56 Å². The number of aliphatic hydroxyl groups excluding tert-OH is 1. The summed E-state index contributed by atoms with van der Waals surface area (Å²) in [5.74, 6) is -1.19. The van der Waals surface area contributed by atoms with Gasteiger partial charge >= 0.3 is 6.18 Å². The second kappa shape index (κ2) is 12.8. The van der Waals surface area contributed by atoms with Crippen LogP contribution < -0.4 is 10.1 Å². The number of hydrogen-bond acceptors (Lipinski definition) is 8. The Morgan fingerprint density at radius 2 is 2.00 bits per heavy atom. The number of hydrogen-bond donors (Lipinski definition) is 2. The van der Waals surface area contributed by atoms with Gasteiger partial charge in [0.25, 0.3) is 0 Å². The van der Waals surface area contributed by atoms with E-state index in [9.17, 15) is 36.3 Å². The van der Waals surface area contributed by atoms with Crippen LogP contribution in [-0.2, 0) is 26.0 Å². The zero-order valence-corrected chi connectivity index (χ0v) is 24.3. The molecular weight excluding hydrogens is 569 g/mol. The number of amides is 2. The predicted octanol–water partition coefficient (Wildman–Crippen LogP) is 3.04. The Balaban J connectivity index is 1.94. The molecule has 0 aliphatic carbocycles. The number of likely N-dealkylation sites (N-methyl/N-ethyl adjacent to an activating group) is 1. The molecule has 2 amide bonds. The van der Waals surface area contributed by atoms with Crippen LogP contribution in [0.5, 0.6) is 5.75 Å². The van der Waals surface area contributed by atoms with Crippen molar-refractivity contribution in [2.75, 3.05) is 32.1 Å². The molecule has 3 atom stereocenters. The molecule has 228 valence electrons. The van der Waals surface area contributed by atoms with Crippen molar-refractivity contribution in [3.05, 3.63) is 35.2 Å². The van der Waals surface area contributed by atoms with E-state index in [0.717, 1.165) is 4.31 Å². The molecular formula is C26H35F3N4O7S. The number of halogens is 3. The molecule has 0 saturated carbocycles. The minimum absolute atomic E-state index is 0.0484. The van der Waals surface area contributed by atoms with Gasteiger partial charge in [0.2, 0.25) is 21.8 Å². The second-order valence-corrected chi connectivity index (χ2v) is 12.3. The van der Waals surface area contributed by atoms with Crippen LogP contribution in [-0.4, -0.2) is 84.8 Å². The highest BCUT2D eigenvalue weighted by molar-refractivity contribution is 7.89. The van der Waals surface area contributed by atoms with Gasteiger partial charge in [0.05, 0.1) is 32.0 Å². The van der Waals surface area contributed by atoms with Crippen molar-refractivity contribution in [1.82, 2.24) is 14.4 Å². The normalized spacial score (nSPS) is 19.2. The highest BCUT2D eigenvalue weighted by Crippen LogP contribution is 2.31. The van der Waals surface area contributed by atoms with Gasteiger partial charge in [0.1, 0.15) is 22.4 Å². The van der Waals surface area contributed by atoms with Crippen molar-refractivity contribution in [2.45, 2.75) is 70.2 Å². The number of carbonyl (C=O) groups excluding carboxylic acids is 2. The van der Waals surface area contributed by atoms with E-state index in [1.165, 1.54) is 44.0 Å². The molecule has 2 heterocycles. The number of ether oxygens (including phenoxy) is 1. The Labute approximate surface area is 236 Å². The molecule has 1 aliphatic heterocycles. The first-order valence-electron chi connectivity index (χ1n) is 13.0. The molecule has 0 fully saturated rings. The standard InChI is InChI=1S/C26H35F3N4O7S/c1-15-12-33(16(2)14-34)24(36)11-19-10-20(30-23(35)8-9-26(27,28)29)6-7-21(19)39-22(15)13-32(5)41(37,38)25-17(3)31-40-18(25)4/h6-7,10,15-16,22,34H,8-9,11-14H2,1-5H3,(H,30,35)/t15-,16+,22+/m0/s1. The maximum absolute atomic E-state index is 13.4. The Morgan fingerprint density at radius 1 is 1.32 bits per heavy atom. The fourth-order valence-corrected chi connectivity index (χ4v) is 6.02. The number of rotatable bonds is 9. The molecule has 11 nitrogen and oxygen atoms in total. The summed E-state index contributed by atoms with van der Waals surface area (Å²) in [6, 6.07) is 3.81. The third kappa shape index (κ3) is 7.98. The van der Waals surface area contributed by atoms with Gasteiger partial charge < -0.3 is 24.6 Å². The maximum Gasteiger partial charge on any atom is 0.389 e. The number of aliphatic hydroxyl groups is 1. The van der Waals surface area contributed by atoms with Crippen molar-refractivity contribution in [3.8, 4) is 5.75 Å². The van der Waals surface area contributed by atoms with E-state index in [2.05, 4.69) is 10.5 Å². The largest absolute Gasteiger partial charge is 0.488 e. The first kappa shape index (κ1) is 32.3. The minimum Gasteiger partial charge on any atom is -0.488 e. The number of nitrogens with one attached hydrogen (secondary N) is 1. The summed E-state index contributed by atoms with van der Waals surface area (Å²) in [7, 11) is -2.63. The van der Waals surface area contributed by atoms with Gasteiger partial charge in [0, 0.05) is 37.2 Å². The zero-order valence-electron chi connectivity index (χ0n) is 23.5. The quantitative estimate of drug-likeness (QED) is 0.445. The Morgan fingerprint density at radius 3 is 2.59 bits per heavy atom. The third-order valence-corrected chi connectivity index (χ3v) is 8.98. The monoisotopic (exact) mass is 604 g/mol. The van der Waals surface area contributed by atoms with Crippen molar-refractivity contribution in [1.29, 1.82) is 0 Å². The van der Waals surface area contributed by atoms with E-state index in [4.69, 9.17) is 9.26 Å². The van der Waals surface area contributed by atoms with Gasteiger partial charge in [-0.25, -0.2) is 8.42 Å². The third-order valence-electron chi connectivity index (χ3n) is 6.91. The summed E-state index contributed by atoms with van der Waals surface area (Å²) in [6.45, 7) is 6.21. The molecule has 41 heavy (non-hydrogen) atoms. The summed E-state index contributed by atoms with van der Waals surface area (Å²) in [5.41, 5.74) is 0.728. The van der Waals surface area contributed by atoms with Gasteiger partial charge in [-0.1, -0.05) is 12.1 Å². The molecule has 0 unspecified atom stereocenters. The van der Waals surface area contributed by atoms with Crippen LogP contribution in [0.25, 0.3) is 0 Å². The lowest BCUT2D eigenvalue weighted by Gasteiger charge is -2.33. The highest BCUT2D eigenvalue weighted by Gasteiger charge is 2.35. The second-order valence-electron chi connectivity index (χ2n) is 10.3. The first-order chi connectivity index (χ1) is 19.0. The van der Waals surface area contributed by atoms with Gasteiger partial charge in [-0.3, -0.25) is 9.59 Å². The van der Waals surface area contributed by atoms with Crippen LogP contribution in [0.3, 0.4) is 0 Å². The number of benzene rings is 1. The van der Waals surface area contributed by atoms with Gasteiger partial charge in [-0.15, -0.1) is 0 Å². The van der Waals surface area contributed by atoms with E-state index in [1.807, 2.05) is 0 Å². The van der Waals surface area contributed by atoms with Crippen molar-refractivity contribution >= 4 is 27.5 Å². The smallest absolute Gasteiger partial charge is 0.389 e. The van der Waals surface area contributed by atoms with Crippen molar-refractivity contribution < 1.29 is 45.5 Å². The van der Waals surface area contributed by atoms with E-state index in [1.54, 1.807) is 13.8 Å². The van der Waals surface area contributed by atoms with Gasteiger partial charge in [0.15, 0.2) is 5.76 Å². The highest BCUT2D eigenvalue weighted by atomic mass is 32.2. The van der Waals surface area contributed by atoms with E-state index < -0.39 is 53.0 Å². The SMILES string of the molecule is Cc1noc(C)c1S(=O)(=O)N(C)C[C@H]1Oc2ccc(NC(=O)CCC(F)(F)F)cc2CC(=O)N([C@H](C)CO)C[C@@H]1C. The predicted molar refractivity (Wildman–Crippen MR) is 142 cm³/mol. The molecule has 1 aliphatic rings. The number of alkyl halides is 3. The topological polar surface area (TPSA) is 142 Å². The number of anilines is 1. The Kier molecular flexibility index (Phi) is 10.1. The lowest BCUT2D eigenvalue weighted by molar-refractivity contribution is -0.142. The molecule has 0 radical (unpaired) electrons. The molecule has 15 heteroatoms. The van der Waals surface area contributed by atoms with Gasteiger partial charge in [-0.05, 0) is 39.0 Å². The van der Waals surface area contributed by atoms with Crippen molar-refractivity contribution in [2.24, 2.45) is 5.92 Å². The molecule has 1 aromatic carbocycles. The average Bonchev–Trinajstić information content (AvgIpc) is 3.25. The first-order valence-corrected chi connectivity index (χ1v) is 14.4. The molecule has 2 aromatic rings. The number of aromatic nitrogens is 1. The van der Waals surface area contributed by atoms with Crippen LogP contribution >= 0.6 is 0 Å². The van der Waals surface area contributed by atoms with Crippen LogP contribution in [0.15, 0.2) is 27.6 Å². The van der Waals surface area contributed by atoms with E-state index in [-0.39, 0.29) is 59.8 Å². The number of nitrogens with zero attached hydrogens (tertiary/aromatic N) is 3. The molecule has 0 spiro atoms. The molecule has 1 aromatic heterocycles. The minimum atomic E-state index is -4.48. The summed E-state index contributed by atoms with van der Waals surface area (Å²) in [5, 5.41) is 15.9. The molecule has 0 saturated heterocycles. The summed E-state index contributed by atoms with van der Waals surface area (Å²) in [6.07, 6.45) is -7.46. The average molecular weight is 605 g/mol. The fraction of sp³-hybridized carbons (Fsp3) is 0.577. The Hall–Kier alpha value is -3.17. The molecule has 0 bridgehead atoms. The Bertz CT molecular complexity index is 1340. The zero-order chi connectivity index (χ0) is 30.7. The van der Waals surface area contributed by atoms with Crippen LogP contribution in [0.4, 0.5) is 18.9 Å². The maximum atomic E-state index is 13.4. The number of fused-ring (bicyclic) bond motifs is 1. The van der Waals surface area contributed by atoms with Crippen LogP contribution in [0.1, 0.15) is 43.7 Å². The number of sulfonamides is 1.